The van der Waals surface area contributed by atoms with Crippen LogP contribution in [0.25, 0.3) is 0 Å². The van der Waals surface area contributed by atoms with E-state index >= 15 is 0 Å². The highest BCUT2D eigenvalue weighted by atomic mass is 15.3. The van der Waals surface area contributed by atoms with Crippen LogP contribution in [0.4, 0.5) is 0 Å². The second kappa shape index (κ2) is 5.82. The van der Waals surface area contributed by atoms with Crippen molar-refractivity contribution >= 4 is 0 Å². The fourth-order valence-corrected chi connectivity index (χ4v) is 5.38. The Hall–Kier alpha value is -0.120. The summed E-state index contributed by atoms with van der Waals surface area (Å²) in [5, 5.41) is 0. The largest absolute Gasteiger partial charge is 0.329 e. The Balaban J connectivity index is 1.69. The molecule has 2 heterocycles. The van der Waals surface area contributed by atoms with Crippen LogP contribution in [0.3, 0.4) is 0 Å². The molecule has 3 fully saturated rings. The van der Waals surface area contributed by atoms with Gasteiger partial charge in [0.05, 0.1) is 0 Å². The number of likely N-dealkylation sites (tertiary alicyclic amines) is 2. The van der Waals surface area contributed by atoms with Gasteiger partial charge in [0.15, 0.2) is 0 Å². The molecule has 3 atom stereocenters. The molecule has 3 unspecified atom stereocenters. The van der Waals surface area contributed by atoms with E-state index in [0.29, 0.717) is 5.41 Å². The average molecular weight is 293 g/mol. The van der Waals surface area contributed by atoms with Crippen LogP contribution in [0.2, 0.25) is 0 Å². The molecule has 0 aromatic heterocycles. The van der Waals surface area contributed by atoms with E-state index in [9.17, 15) is 0 Å². The zero-order valence-electron chi connectivity index (χ0n) is 14.4. The minimum atomic E-state index is 0.282. The molecule has 0 aromatic carbocycles. The van der Waals surface area contributed by atoms with Crippen molar-refractivity contribution in [3.63, 3.8) is 0 Å². The van der Waals surface area contributed by atoms with Gasteiger partial charge in [0.1, 0.15) is 0 Å². The Kier molecular flexibility index (Phi) is 4.37. The van der Waals surface area contributed by atoms with Gasteiger partial charge in [0.25, 0.3) is 0 Å². The Morgan fingerprint density at radius 2 is 1.81 bits per heavy atom. The molecule has 0 radical (unpaired) electrons. The van der Waals surface area contributed by atoms with Crippen LogP contribution in [-0.4, -0.2) is 54.1 Å². The quantitative estimate of drug-likeness (QED) is 0.868. The van der Waals surface area contributed by atoms with E-state index in [1.165, 1.54) is 64.7 Å². The molecular weight excluding hydrogens is 258 g/mol. The number of nitrogens with zero attached hydrogens (tertiary/aromatic N) is 2. The summed E-state index contributed by atoms with van der Waals surface area (Å²) in [6.45, 7) is 13.4. The molecule has 3 heteroatoms. The molecule has 1 aliphatic carbocycles. The first-order valence-corrected chi connectivity index (χ1v) is 9.16. The van der Waals surface area contributed by atoms with Gasteiger partial charge in [0.2, 0.25) is 0 Å². The van der Waals surface area contributed by atoms with Gasteiger partial charge in [-0.3, -0.25) is 9.80 Å². The van der Waals surface area contributed by atoms with Crippen LogP contribution >= 0.6 is 0 Å². The molecule has 0 amide bonds. The first kappa shape index (κ1) is 15.8. The van der Waals surface area contributed by atoms with E-state index in [1.807, 2.05) is 0 Å². The zero-order chi connectivity index (χ0) is 15.1. The molecule has 122 valence electrons. The second-order valence-corrected chi connectivity index (χ2v) is 8.71. The smallest absolute Gasteiger partial charge is 0.0358 e. The van der Waals surface area contributed by atoms with E-state index in [0.717, 1.165) is 18.5 Å². The molecule has 21 heavy (non-hydrogen) atoms. The number of hydrogen-bond acceptors (Lipinski definition) is 3. The molecule has 1 saturated carbocycles. The zero-order valence-corrected chi connectivity index (χ0v) is 14.4. The van der Waals surface area contributed by atoms with Crippen molar-refractivity contribution in [3.8, 4) is 0 Å². The molecule has 0 aromatic rings. The third-order valence-electron chi connectivity index (χ3n) is 6.81. The lowest BCUT2D eigenvalue weighted by Crippen LogP contribution is -2.60. The molecule has 0 bridgehead atoms. The normalized spacial score (nSPS) is 41.7. The molecule has 0 spiro atoms. The summed E-state index contributed by atoms with van der Waals surface area (Å²) in [7, 11) is 0. The number of nitrogens with two attached hydrogens (primary N) is 1. The predicted octanol–water partition coefficient (Wildman–Crippen LogP) is 2.70. The maximum atomic E-state index is 6.34. The monoisotopic (exact) mass is 293 g/mol. The third kappa shape index (κ3) is 2.89. The van der Waals surface area contributed by atoms with E-state index in [-0.39, 0.29) is 5.54 Å². The van der Waals surface area contributed by atoms with Crippen molar-refractivity contribution in [2.45, 2.75) is 70.9 Å². The van der Waals surface area contributed by atoms with Crippen molar-refractivity contribution in [2.24, 2.45) is 17.1 Å². The van der Waals surface area contributed by atoms with Gasteiger partial charge in [-0.25, -0.2) is 0 Å². The highest BCUT2D eigenvalue weighted by Crippen LogP contribution is 2.47. The van der Waals surface area contributed by atoms with Crippen LogP contribution in [0.1, 0.15) is 59.3 Å². The lowest BCUT2D eigenvalue weighted by Gasteiger charge is -2.53. The summed E-state index contributed by atoms with van der Waals surface area (Å²) >= 11 is 0. The highest BCUT2D eigenvalue weighted by Gasteiger charge is 2.48. The third-order valence-corrected chi connectivity index (χ3v) is 6.81. The first-order chi connectivity index (χ1) is 9.97. The maximum absolute atomic E-state index is 6.34. The van der Waals surface area contributed by atoms with Gasteiger partial charge in [-0.05, 0) is 62.9 Å². The van der Waals surface area contributed by atoms with Gasteiger partial charge in [-0.1, -0.05) is 20.8 Å². The van der Waals surface area contributed by atoms with Crippen molar-refractivity contribution in [2.75, 3.05) is 32.7 Å². The summed E-state index contributed by atoms with van der Waals surface area (Å²) in [4.78, 5) is 5.53. The van der Waals surface area contributed by atoms with Crippen LogP contribution in [0, 0.1) is 11.3 Å². The Labute approximate surface area is 131 Å². The fraction of sp³-hybridized carbons (Fsp3) is 1.00. The van der Waals surface area contributed by atoms with Crippen LogP contribution in [-0.2, 0) is 0 Å². The van der Waals surface area contributed by atoms with Gasteiger partial charge in [-0.15, -0.1) is 0 Å². The highest BCUT2D eigenvalue weighted by molar-refractivity contribution is 5.05. The molecule has 3 nitrogen and oxygen atoms in total. The Bertz CT molecular complexity index is 361. The van der Waals surface area contributed by atoms with Crippen molar-refractivity contribution in [1.82, 2.24) is 9.80 Å². The second-order valence-electron chi connectivity index (χ2n) is 8.71. The Morgan fingerprint density at radius 3 is 2.43 bits per heavy atom. The van der Waals surface area contributed by atoms with Crippen molar-refractivity contribution in [3.05, 3.63) is 0 Å². The first-order valence-electron chi connectivity index (χ1n) is 9.16. The topological polar surface area (TPSA) is 32.5 Å². The van der Waals surface area contributed by atoms with Crippen molar-refractivity contribution in [1.29, 1.82) is 0 Å². The lowest BCUT2D eigenvalue weighted by atomic mass is 9.63. The average Bonchev–Trinajstić information content (AvgIpc) is 3.09. The molecule has 3 rings (SSSR count). The van der Waals surface area contributed by atoms with E-state index < -0.39 is 0 Å². The minimum absolute atomic E-state index is 0.282. The number of rotatable bonds is 3. The van der Waals surface area contributed by atoms with Gasteiger partial charge < -0.3 is 5.73 Å². The summed E-state index contributed by atoms with van der Waals surface area (Å²) in [5.41, 5.74) is 7.13. The van der Waals surface area contributed by atoms with E-state index in [1.54, 1.807) is 0 Å². The van der Waals surface area contributed by atoms with Gasteiger partial charge in [0, 0.05) is 31.2 Å². The SMILES string of the molecule is CC1CC(C)(C)CCC1(CN)N1CCC(N2CCCC2)C1. The van der Waals surface area contributed by atoms with Crippen LogP contribution in [0.5, 0.6) is 0 Å². The summed E-state index contributed by atoms with van der Waals surface area (Å²) in [5.74, 6) is 0.726. The maximum Gasteiger partial charge on any atom is 0.0358 e. The van der Waals surface area contributed by atoms with E-state index in [2.05, 4.69) is 30.6 Å². The summed E-state index contributed by atoms with van der Waals surface area (Å²) < 4.78 is 0. The van der Waals surface area contributed by atoms with Gasteiger partial charge >= 0.3 is 0 Å². The van der Waals surface area contributed by atoms with E-state index in [4.69, 9.17) is 5.73 Å². The molecule has 2 saturated heterocycles. The number of hydrogen-bond donors (Lipinski definition) is 1. The predicted molar refractivity (Wildman–Crippen MR) is 89.4 cm³/mol. The van der Waals surface area contributed by atoms with Crippen LogP contribution < -0.4 is 5.73 Å². The Morgan fingerprint density at radius 1 is 1.10 bits per heavy atom. The lowest BCUT2D eigenvalue weighted by molar-refractivity contribution is -0.0121. The van der Waals surface area contributed by atoms with Crippen LogP contribution in [0.15, 0.2) is 0 Å². The standard InChI is InChI=1S/C18H35N3/c1-15-12-17(2,3)7-8-18(15,14-19)21-11-6-16(13-21)20-9-4-5-10-20/h15-16H,4-14,19H2,1-3H3. The van der Waals surface area contributed by atoms with Crippen molar-refractivity contribution < 1.29 is 0 Å². The van der Waals surface area contributed by atoms with Gasteiger partial charge in [-0.2, -0.15) is 0 Å². The molecule has 2 aliphatic heterocycles. The minimum Gasteiger partial charge on any atom is -0.329 e. The molecular formula is C18H35N3. The fourth-order valence-electron chi connectivity index (χ4n) is 5.38. The molecule has 2 N–H and O–H groups in total. The molecule has 3 aliphatic rings. The summed E-state index contributed by atoms with van der Waals surface area (Å²) in [6, 6.07) is 0.804. The summed E-state index contributed by atoms with van der Waals surface area (Å²) in [6.07, 6.45) is 8.13.